The molecule has 0 aromatic rings. The first-order chi connectivity index (χ1) is 7.60. The Hall–Kier alpha value is -0.120. The zero-order chi connectivity index (χ0) is 11.6. The van der Waals surface area contributed by atoms with E-state index in [0.29, 0.717) is 5.41 Å². The first-order valence-electron chi connectivity index (χ1n) is 6.64. The molecule has 0 radical (unpaired) electrons. The van der Waals surface area contributed by atoms with E-state index in [-0.39, 0.29) is 11.5 Å². The minimum atomic E-state index is 0.141. The van der Waals surface area contributed by atoms with Gasteiger partial charge in [-0.3, -0.25) is 0 Å². The molecule has 0 amide bonds. The van der Waals surface area contributed by atoms with Crippen molar-refractivity contribution in [1.82, 2.24) is 5.32 Å². The third-order valence-electron chi connectivity index (χ3n) is 4.39. The van der Waals surface area contributed by atoms with Gasteiger partial charge in [-0.05, 0) is 24.7 Å². The third kappa shape index (κ3) is 2.58. The Bertz CT molecular complexity index is 240. The van der Waals surface area contributed by atoms with Crippen molar-refractivity contribution in [3.63, 3.8) is 0 Å². The van der Waals surface area contributed by atoms with E-state index in [2.05, 4.69) is 19.2 Å². The summed E-state index contributed by atoms with van der Waals surface area (Å²) in [6.45, 7) is 8.21. The van der Waals surface area contributed by atoms with Crippen molar-refractivity contribution in [1.29, 1.82) is 0 Å². The van der Waals surface area contributed by atoms with Crippen LogP contribution in [0.3, 0.4) is 0 Å². The SMILES string of the molecule is CCCC1(CNCC2(C)COCC2N)CC1. The minimum Gasteiger partial charge on any atom is -0.379 e. The van der Waals surface area contributed by atoms with E-state index in [1.807, 2.05) is 0 Å². The second-order valence-electron chi connectivity index (χ2n) is 6.13. The van der Waals surface area contributed by atoms with Gasteiger partial charge < -0.3 is 15.8 Å². The van der Waals surface area contributed by atoms with Crippen LogP contribution in [0.1, 0.15) is 39.5 Å². The number of hydrogen-bond donors (Lipinski definition) is 2. The van der Waals surface area contributed by atoms with Crippen LogP contribution >= 0.6 is 0 Å². The highest BCUT2D eigenvalue weighted by Crippen LogP contribution is 2.49. The van der Waals surface area contributed by atoms with E-state index >= 15 is 0 Å². The summed E-state index contributed by atoms with van der Waals surface area (Å²) in [7, 11) is 0. The molecule has 1 saturated carbocycles. The molecule has 0 bridgehead atoms. The van der Waals surface area contributed by atoms with Crippen LogP contribution in [0.4, 0.5) is 0 Å². The molecule has 1 saturated heterocycles. The van der Waals surface area contributed by atoms with E-state index in [1.165, 1.54) is 32.2 Å². The highest BCUT2D eigenvalue weighted by molar-refractivity contribution is 4.96. The van der Waals surface area contributed by atoms with Crippen molar-refractivity contribution in [3.05, 3.63) is 0 Å². The molecule has 0 spiro atoms. The lowest BCUT2D eigenvalue weighted by molar-refractivity contribution is 0.157. The van der Waals surface area contributed by atoms with Gasteiger partial charge in [0, 0.05) is 24.5 Å². The van der Waals surface area contributed by atoms with Crippen LogP contribution in [-0.4, -0.2) is 32.3 Å². The second kappa shape index (κ2) is 4.63. The van der Waals surface area contributed by atoms with Crippen molar-refractivity contribution >= 4 is 0 Å². The van der Waals surface area contributed by atoms with Crippen molar-refractivity contribution in [2.75, 3.05) is 26.3 Å². The molecule has 16 heavy (non-hydrogen) atoms. The highest BCUT2D eigenvalue weighted by Gasteiger charge is 2.42. The number of nitrogens with one attached hydrogen (secondary N) is 1. The molecule has 3 heteroatoms. The zero-order valence-corrected chi connectivity index (χ0v) is 10.7. The average Bonchev–Trinajstić information content (AvgIpc) is 2.91. The third-order valence-corrected chi connectivity index (χ3v) is 4.39. The molecule has 2 unspecified atom stereocenters. The molecule has 0 aromatic heterocycles. The van der Waals surface area contributed by atoms with Crippen LogP contribution in [0.5, 0.6) is 0 Å². The lowest BCUT2D eigenvalue weighted by atomic mass is 9.85. The lowest BCUT2D eigenvalue weighted by Crippen LogP contribution is -2.46. The second-order valence-corrected chi connectivity index (χ2v) is 6.13. The fourth-order valence-electron chi connectivity index (χ4n) is 2.74. The normalized spacial score (nSPS) is 36.6. The fourth-order valence-corrected chi connectivity index (χ4v) is 2.74. The molecule has 2 aliphatic rings. The molecule has 3 N–H and O–H groups in total. The highest BCUT2D eigenvalue weighted by atomic mass is 16.5. The largest absolute Gasteiger partial charge is 0.379 e. The summed E-state index contributed by atoms with van der Waals surface area (Å²) in [5.74, 6) is 0. The number of ether oxygens (including phenoxy) is 1. The topological polar surface area (TPSA) is 47.3 Å². The Labute approximate surface area is 99.1 Å². The monoisotopic (exact) mass is 226 g/mol. The van der Waals surface area contributed by atoms with Crippen LogP contribution in [0, 0.1) is 10.8 Å². The average molecular weight is 226 g/mol. The summed E-state index contributed by atoms with van der Waals surface area (Å²) in [5.41, 5.74) is 6.85. The van der Waals surface area contributed by atoms with E-state index in [1.54, 1.807) is 0 Å². The van der Waals surface area contributed by atoms with Gasteiger partial charge in [0.2, 0.25) is 0 Å². The summed E-state index contributed by atoms with van der Waals surface area (Å²) in [6.07, 6.45) is 5.50. The Morgan fingerprint density at radius 3 is 2.62 bits per heavy atom. The maximum absolute atomic E-state index is 6.07. The van der Waals surface area contributed by atoms with Gasteiger partial charge in [0.1, 0.15) is 0 Å². The molecule has 2 atom stereocenters. The molecule has 1 heterocycles. The summed E-state index contributed by atoms with van der Waals surface area (Å²) >= 11 is 0. The quantitative estimate of drug-likeness (QED) is 0.722. The maximum atomic E-state index is 6.07. The Kier molecular flexibility index (Phi) is 3.57. The van der Waals surface area contributed by atoms with Crippen LogP contribution in [-0.2, 0) is 4.74 Å². The molecular formula is C13H26N2O. The lowest BCUT2D eigenvalue weighted by Gasteiger charge is -2.28. The van der Waals surface area contributed by atoms with E-state index in [9.17, 15) is 0 Å². The van der Waals surface area contributed by atoms with E-state index in [4.69, 9.17) is 10.5 Å². The Morgan fingerprint density at radius 2 is 2.12 bits per heavy atom. The maximum Gasteiger partial charge on any atom is 0.0624 e. The van der Waals surface area contributed by atoms with Gasteiger partial charge in [-0.2, -0.15) is 0 Å². The van der Waals surface area contributed by atoms with Crippen molar-refractivity contribution < 1.29 is 4.74 Å². The molecule has 2 fully saturated rings. The molecule has 3 nitrogen and oxygen atoms in total. The van der Waals surface area contributed by atoms with Gasteiger partial charge in [-0.25, -0.2) is 0 Å². The van der Waals surface area contributed by atoms with Crippen molar-refractivity contribution in [3.8, 4) is 0 Å². The predicted molar refractivity (Wildman–Crippen MR) is 66.3 cm³/mol. The first-order valence-corrected chi connectivity index (χ1v) is 6.64. The first kappa shape index (κ1) is 12.3. The van der Waals surface area contributed by atoms with Crippen molar-refractivity contribution in [2.24, 2.45) is 16.6 Å². The molecule has 94 valence electrons. The minimum absolute atomic E-state index is 0.141. The van der Waals surface area contributed by atoms with Gasteiger partial charge >= 0.3 is 0 Å². The van der Waals surface area contributed by atoms with Crippen LogP contribution < -0.4 is 11.1 Å². The number of nitrogens with two attached hydrogens (primary N) is 1. The van der Waals surface area contributed by atoms with Gasteiger partial charge in [0.05, 0.1) is 13.2 Å². The van der Waals surface area contributed by atoms with Gasteiger partial charge in [-0.15, -0.1) is 0 Å². The molecule has 2 rings (SSSR count). The smallest absolute Gasteiger partial charge is 0.0624 e. The van der Waals surface area contributed by atoms with Gasteiger partial charge in [0.25, 0.3) is 0 Å². The van der Waals surface area contributed by atoms with E-state index in [0.717, 1.165) is 19.8 Å². The molecule has 1 aliphatic carbocycles. The Morgan fingerprint density at radius 1 is 1.38 bits per heavy atom. The predicted octanol–water partition coefficient (Wildman–Crippen LogP) is 1.52. The van der Waals surface area contributed by atoms with Crippen LogP contribution in [0.25, 0.3) is 0 Å². The summed E-state index contributed by atoms with van der Waals surface area (Å²) in [6, 6.07) is 0.196. The summed E-state index contributed by atoms with van der Waals surface area (Å²) < 4.78 is 5.45. The number of rotatable bonds is 6. The van der Waals surface area contributed by atoms with Crippen LogP contribution in [0.15, 0.2) is 0 Å². The van der Waals surface area contributed by atoms with Crippen molar-refractivity contribution in [2.45, 2.75) is 45.6 Å². The van der Waals surface area contributed by atoms with Crippen LogP contribution in [0.2, 0.25) is 0 Å². The van der Waals surface area contributed by atoms with Gasteiger partial charge in [0.15, 0.2) is 0 Å². The fraction of sp³-hybridized carbons (Fsp3) is 1.00. The zero-order valence-electron chi connectivity index (χ0n) is 10.7. The summed E-state index contributed by atoms with van der Waals surface area (Å²) in [4.78, 5) is 0. The molecule has 1 aliphatic heterocycles. The Balaban J connectivity index is 1.71. The number of hydrogen-bond acceptors (Lipinski definition) is 3. The van der Waals surface area contributed by atoms with E-state index < -0.39 is 0 Å². The molecular weight excluding hydrogens is 200 g/mol. The summed E-state index contributed by atoms with van der Waals surface area (Å²) in [5, 5.41) is 3.63. The van der Waals surface area contributed by atoms with Gasteiger partial charge in [-0.1, -0.05) is 20.3 Å². The molecule has 0 aromatic carbocycles. The standard InChI is InChI=1S/C13H26N2O/c1-3-4-13(5-6-13)9-15-8-12(2)10-16-7-11(12)14/h11,15H,3-10,14H2,1-2H3.